The highest BCUT2D eigenvalue weighted by molar-refractivity contribution is 5.92. The minimum Gasteiger partial charge on any atom is -0.370 e. The first-order chi connectivity index (χ1) is 10.7. The van der Waals surface area contributed by atoms with Gasteiger partial charge >= 0.3 is 6.18 Å². The smallest absolute Gasteiger partial charge is 0.370 e. The van der Waals surface area contributed by atoms with Crippen LogP contribution in [0.1, 0.15) is 31.7 Å². The zero-order valence-electron chi connectivity index (χ0n) is 13.8. The van der Waals surface area contributed by atoms with Crippen molar-refractivity contribution in [2.75, 3.05) is 32.0 Å². The quantitative estimate of drug-likeness (QED) is 0.595. The van der Waals surface area contributed by atoms with Crippen LogP contribution in [0.25, 0.3) is 0 Å². The second kappa shape index (κ2) is 8.76. The molecular weight excluding hydrogens is 305 g/mol. The fourth-order valence-corrected chi connectivity index (χ4v) is 2.04. The molecule has 4 nitrogen and oxygen atoms in total. The monoisotopic (exact) mass is 330 g/mol. The topological polar surface area (TPSA) is 53.6 Å². The molecule has 1 atom stereocenters. The molecule has 1 aromatic carbocycles. The van der Waals surface area contributed by atoms with Crippen molar-refractivity contribution < 1.29 is 13.2 Å². The van der Waals surface area contributed by atoms with Gasteiger partial charge in [-0.3, -0.25) is 9.89 Å². The number of aliphatic imine (C=N–C) groups is 1. The Morgan fingerprint density at radius 1 is 1.30 bits per heavy atom. The summed E-state index contributed by atoms with van der Waals surface area (Å²) in [6.07, 6.45) is -3.12. The van der Waals surface area contributed by atoms with Crippen molar-refractivity contribution in [2.24, 2.45) is 10.7 Å². The van der Waals surface area contributed by atoms with Gasteiger partial charge in [-0.25, -0.2) is 0 Å². The molecule has 1 unspecified atom stereocenters. The molecule has 0 saturated heterocycles. The third-order valence-electron chi connectivity index (χ3n) is 3.58. The second-order valence-corrected chi connectivity index (χ2v) is 5.68. The van der Waals surface area contributed by atoms with Gasteiger partial charge in [-0.05, 0) is 37.1 Å². The number of anilines is 1. The minimum absolute atomic E-state index is 0.189. The van der Waals surface area contributed by atoms with Gasteiger partial charge in [0.2, 0.25) is 0 Å². The van der Waals surface area contributed by atoms with E-state index in [0.29, 0.717) is 5.92 Å². The molecule has 0 aromatic heterocycles. The van der Waals surface area contributed by atoms with Crippen molar-refractivity contribution >= 4 is 11.6 Å². The van der Waals surface area contributed by atoms with Crippen LogP contribution >= 0.6 is 0 Å². The zero-order valence-corrected chi connectivity index (χ0v) is 13.8. The molecule has 3 N–H and O–H groups in total. The number of halogens is 3. The Hall–Kier alpha value is -1.76. The molecule has 0 bridgehead atoms. The molecule has 0 amide bonds. The SMILES string of the molecule is CCC(C)c1ccc(NC(N)=NCCN(C)CC(F)(F)F)cc1. The van der Waals surface area contributed by atoms with Gasteiger partial charge in [-0.15, -0.1) is 0 Å². The number of rotatable bonds is 7. The number of nitrogens with one attached hydrogen (secondary N) is 1. The first kappa shape index (κ1) is 19.3. The number of nitrogens with zero attached hydrogens (tertiary/aromatic N) is 2. The highest BCUT2D eigenvalue weighted by Crippen LogP contribution is 2.20. The highest BCUT2D eigenvalue weighted by atomic mass is 19.4. The van der Waals surface area contributed by atoms with Gasteiger partial charge in [0.15, 0.2) is 5.96 Å². The van der Waals surface area contributed by atoms with E-state index in [1.165, 1.54) is 12.6 Å². The number of hydrogen-bond donors (Lipinski definition) is 2. The Kier molecular flexibility index (Phi) is 7.35. The van der Waals surface area contributed by atoms with Crippen LogP contribution in [0, 0.1) is 0 Å². The van der Waals surface area contributed by atoms with E-state index < -0.39 is 12.7 Å². The first-order valence-corrected chi connectivity index (χ1v) is 7.63. The van der Waals surface area contributed by atoms with Gasteiger partial charge in [-0.2, -0.15) is 13.2 Å². The number of benzene rings is 1. The fraction of sp³-hybridized carbons (Fsp3) is 0.562. The van der Waals surface area contributed by atoms with E-state index in [2.05, 4.69) is 24.2 Å². The van der Waals surface area contributed by atoms with E-state index in [-0.39, 0.29) is 19.0 Å². The van der Waals surface area contributed by atoms with Gasteiger partial charge in [0.1, 0.15) is 0 Å². The van der Waals surface area contributed by atoms with E-state index in [0.717, 1.165) is 17.0 Å². The molecule has 0 fully saturated rings. The summed E-state index contributed by atoms with van der Waals surface area (Å²) >= 11 is 0. The molecule has 23 heavy (non-hydrogen) atoms. The number of alkyl halides is 3. The predicted octanol–water partition coefficient (Wildman–Crippen LogP) is 3.42. The Morgan fingerprint density at radius 2 is 1.91 bits per heavy atom. The number of likely N-dealkylation sites (N-methyl/N-ethyl adjacent to an activating group) is 1. The third-order valence-corrected chi connectivity index (χ3v) is 3.58. The van der Waals surface area contributed by atoms with Crippen LogP contribution in [0.15, 0.2) is 29.3 Å². The summed E-state index contributed by atoms with van der Waals surface area (Å²) in [7, 11) is 1.40. The summed E-state index contributed by atoms with van der Waals surface area (Å²) in [5, 5.41) is 2.94. The zero-order chi connectivity index (χ0) is 17.5. The molecular formula is C16H25F3N4. The average Bonchev–Trinajstić information content (AvgIpc) is 2.45. The maximum atomic E-state index is 12.2. The lowest BCUT2D eigenvalue weighted by Gasteiger charge is -2.17. The minimum atomic E-state index is -4.19. The van der Waals surface area contributed by atoms with E-state index in [9.17, 15) is 13.2 Å². The van der Waals surface area contributed by atoms with Crippen LogP contribution in [-0.4, -0.2) is 43.7 Å². The molecule has 1 rings (SSSR count). The Bertz CT molecular complexity index is 497. The predicted molar refractivity (Wildman–Crippen MR) is 88.8 cm³/mol. The highest BCUT2D eigenvalue weighted by Gasteiger charge is 2.28. The maximum Gasteiger partial charge on any atom is 0.401 e. The lowest BCUT2D eigenvalue weighted by Crippen LogP contribution is -2.33. The summed E-state index contributed by atoms with van der Waals surface area (Å²) in [5.41, 5.74) is 7.80. The molecule has 0 heterocycles. The first-order valence-electron chi connectivity index (χ1n) is 7.63. The summed E-state index contributed by atoms with van der Waals surface area (Å²) in [6, 6.07) is 7.89. The Balaban J connectivity index is 2.44. The maximum absolute atomic E-state index is 12.2. The van der Waals surface area contributed by atoms with Crippen molar-refractivity contribution in [1.82, 2.24) is 4.90 Å². The Labute approximate surface area is 135 Å². The molecule has 0 aliphatic carbocycles. The summed E-state index contributed by atoms with van der Waals surface area (Å²) in [5.74, 6) is 0.695. The molecule has 0 aliphatic heterocycles. The van der Waals surface area contributed by atoms with Crippen molar-refractivity contribution in [3.63, 3.8) is 0 Å². The van der Waals surface area contributed by atoms with E-state index >= 15 is 0 Å². The van der Waals surface area contributed by atoms with Gasteiger partial charge < -0.3 is 11.1 Å². The van der Waals surface area contributed by atoms with Gasteiger partial charge in [0, 0.05) is 12.2 Å². The van der Waals surface area contributed by atoms with Crippen LogP contribution in [-0.2, 0) is 0 Å². The molecule has 130 valence electrons. The number of guanidine groups is 1. The molecule has 0 spiro atoms. The van der Waals surface area contributed by atoms with E-state index in [1.807, 2.05) is 24.3 Å². The van der Waals surface area contributed by atoms with Gasteiger partial charge in [0.05, 0.1) is 13.1 Å². The third kappa shape index (κ3) is 7.88. The second-order valence-electron chi connectivity index (χ2n) is 5.68. The van der Waals surface area contributed by atoms with Crippen LogP contribution in [0.4, 0.5) is 18.9 Å². The molecule has 0 saturated carbocycles. The van der Waals surface area contributed by atoms with Crippen LogP contribution in [0.3, 0.4) is 0 Å². The lowest BCUT2D eigenvalue weighted by atomic mass is 9.99. The van der Waals surface area contributed by atoms with E-state index in [1.54, 1.807) is 0 Å². The van der Waals surface area contributed by atoms with Crippen molar-refractivity contribution in [3.05, 3.63) is 29.8 Å². The van der Waals surface area contributed by atoms with Crippen LogP contribution < -0.4 is 11.1 Å². The fourth-order valence-electron chi connectivity index (χ4n) is 2.04. The summed E-state index contributed by atoms with van der Waals surface area (Å²) < 4.78 is 36.5. The molecule has 0 aliphatic rings. The molecule has 1 aromatic rings. The van der Waals surface area contributed by atoms with Crippen LogP contribution in [0.2, 0.25) is 0 Å². The average molecular weight is 330 g/mol. The van der Waals surface area contributed by atoms with Gasteiger partial charge in [0.25, 0.3) is 0 Å². The van der Waals surface area contributed by atoms with Crippen molar-refractivity contribution in [2.45, 2.75) is 32.4 Å². The molecule has 7 heteroatoms. The normalized spacial score (nSPS) is 14.1. The summed E-state index contributed by atoms with van der Waals surface area (Å²) in [4.78, 5) is 5.20. The standard InChI is InChI=1S/C16H25F3N4/c1-4-12(2)13-5-7-14(8-6-13)22-15(20)21-9-10-23(3)11-16(17,18)19/h5-8,12H,4,9-11H2,1-3H3,(H3,20,21,22). The van der Waals surface area contributed by atoms with Gasteiger partial charge in [-0.1, -0.05) is 26.0 Å². The largest absolute Gasteiger partial charge is 0.401 e. The van der Waals surface area contributed by atoms with Crippen molar-refractivity contribution in [1.29, 1.82) is 0 Å². The van der Waals surface area contributed by atoms with Crippen molar-refractivity contribution in [3.8, 4) is 0 Å². The number of hydrogen-bond acceptors (Lipinski definition) is 2. The van der Waals surface area contributed by atoms with E-state index in [4.69, 9.17) is 5.73 Å². The number of nitrogens with two attached hydrogens (primary N) is 1. The lowest BCUT2D eigenvalue weighted by molar-refractivity contribution is -0.142. The summed E-state index contributed by atoms with van der Waals surface area (Å²) in [6.45, 7) is 3.74. The Morgan fingerprint density at radius 3 is 2.43 bits per heavy atom. The molecule has 0 radical (unpaired) electrons. The van der Waals surface area contributed by atoms with Crippen LogP contribution in [0.5, 0.6) is 0 Å².